The molecule has 2 aromatic carbocycles. The van der Waals surface area contributed by atoms with Gasteiger partial charge in [-0.25, -0.2) is 0 Å². The van der Waals surface area contributed by atoms with Gasteiger partial charge in [0.25, 0.3) is 0 Å². The molecule has 10 heteroatoms. The zero-order chi connectivity index (χ0) is 23.4. The van der Waals surface area contributed by atoms with Gasteiger partial charge >= 0.3 is 6.18 Å². The molecule has 33 heavy (non-hydrogen) atoms. The molecule has 0 bridgehead atoms. The molecule has 2 aliphatic rings. The summed E-state index contributed by atoms with van der Waals surface area (Å²) in [6.07, 6.45) is -0.301. The number of nitrogens with zero attached hydrogens (tertiary/aromatic N) is 4. The van der Waals surface area contributed by atoms with E-state index in [-0.39, 0.29) is 5.11 Å². The molecule has 0 saturated carbocycles. The van der Waals surface area contributed by atoms with Gasteiger partial charge in [0.05, 0.1) is 11.8 Å². The predicted molar refractivity (Wildman–Crippen MR) is 131 cm³/mol. The number of alkyl halides is 3. The lowest BCUT2D eigenvalue weighted by atomic mass is 10.1. The Morgan fingerprint density at radius 2 is 1.55 bits per heavy atom. The molecule has 3 N–H and O–H groups in total. The molecule has 4 rings (SSSR count). The third-order valence-corrected chi connectivity index (χ3v) is 6.11. The first-order valence-electron chi connectivity index (χ1n) is 11.0. The number of halogens is 3. The van der Waals surface area contributed by atoms with Crippen molar-refractivity contribution < 1.29 is 13.2 Å². The predicted octanol–water partition coefficient (Wildman–Crippen LogP) is 3.80. The number of thiocarbonyl (C=S) groups is 1. The number of hydrogen-bond donors (Lipinski definition) is 2. The Kier molecular flexibility index (Phi) is 6.92. The molecule has 6 nitrogen and oxygen atoms in total. The summed E-state index contributed by atoms with van der Waals surface area (Å²) >= 11 is 4.80. The minimum Gasteiger partial charge on any atom is -0.375 e. The second kappa shape index (κ2) is 9.86. The second-order valence-electron chi connectivity index (χ2n) is 8.19. The van der Waals surface area contributed by atoms with Crippen LogP contribution in [-0.2, 0) is 6.18 Å². The zero-order valence-corrected chi connectivity index (χ0v) is 19.0. The summed E-state index contributed by atoms with van der Waals surface area (Å²) in [5, 5.41) is 4.23. The molecule has 0 atom stereocenters. The molecular weight excluding hydrogens is 449 g/mol. The Morgan fingerprint density at radius 3 is 2.15 bits per heavy atom. The van der Waals surface area contributed by atoms with Crippen LogP contribution in [0, 0.1) is 0 Å². The molecule has 176 valence electrons. The number of rotatable bonds is 5. The molecule has 2 saturated heterocycles. The summed E-state index contributed by atoms with van der Waals surface area (Å²) in [5.74, 6) is 0. The monoisotopic (exact) mass is 476 g/mol. The molecule has 0 aromatic heterocycles. The van der Waals surface area contributed by atoms with Crippen molar-refractivity contribution in [3.05, 3.63) is 53.6 Å². The standard InChI is InChI=1S/C23H27F3N6S/c24-23(25,26)18-4-3-5-19(14-18)30-10-12-31(13-11-30)20-7-6-17(16-28-29-22(27)33)21(15-20)32-8-1-2-9-32/h3-7,14-16H,1-2,8-13H2,(H3,27,29,33). The van der Waals surface area contributed by atoms with Crippen LogP contribution in [0.15, 0.2) is 47.6 Å². The molecular formula is C23H27F3N6S. The Labute approximate surface area is 196 Å². The van der Waals surface area contributed by atoms with Gasteiger partial charge in [0, 0.05) is 61.9 Å². The third-order valence-electron chi connectivity index (χ3n) is 6.02. The van der Waals surface area contributed by atoms with Gasteiger partial charge in [-0.1, -0.05) is 6.07 Å². The van der Waals surface area contributed by atoms with E-state index in [9.17, 15) is 13.2 Å². The molecule has 2 aliphatic heterocycles. The van der Waals surface area contributed by atoms with Crippen molar-refractivity contribution in [2.24, 2.45) is 10.8 Å². The molecule has 0 radical (unpaired) electrons. The van der Waals surface area contributed by atoms with Gasteiger partial charge in [-0.15, -0.1) is 0 Å². The molecule has 2 fully saturated rings. The van der Waals surface area contributed by atoms with E-state index in [0.717, 1.165) is 62.0 Å². The van der Waals surface area contributed by atoms with E-state index in [1.54, 1.807) is 12.3 Å². The summed E-state index contributed by atoms with van der Waals surface area (Å²) in [5.41, 5.74) is 11.2. The smallest absolute Gasteiger partial charge is 0.375 e. The van der Waals surface area contributed by atoms with Crippen LogP contribution in [0.2, 0.25) is 0 Å². The van der Waals surface area contributed by atoms with Gasteiger partial charge in [0.1, 0.15) is 0 Å². The molecule has 0 aliphatic carbocycles. The normalized spacial score (nSPS) is 17.1. The van der Waals surface area contributed by atoms with Gasteiger partial charge in [-0.05, 0) is 61.5 Å². The average Bonchev–Trinajstić information content (AvgIpc) is 3.33. The fourth-order valence-electron chi connectivity index (χ4n) is 4.34. The highest BCUT2D eigenvalue weighted by atomic mass is 32.1. The maximum Gasteiger partial charge on any atom is 0.416 e. The van der Waals surface area contributed by atoms with Crippen molar-refractivity contribution in [2.75, 3.05) is 54.0 Å². The van der Waals surface area contributed by atoms with Crippen molar-refractivity contribution >= 4 is 40.6 Å². The van der Waals surface area contributed by atoms with Crippen LogP contribution < -0.4 is 25.9 Å². The van der Waals surface area contributed by atoms with Gasteiger partial charge < -0.3 is 20.4 Å². The second-order valence-corrected chi connectivity index (χ2v) is 8.63. The Morgan fingerprint density at radius 1 is 0.909 bits per heavy atom. The Balaban J connectivity index is 1.48. The average molecular weight is 477 g/mol. The maximum absolute atomic E-state index is 13.1. The summed E-state index contributed by atoms with van der Waals surface area (Å²) in [7, 11) is 0. The topological polar surface area (TPSA) is 60.1 Å². The van der Waals surface area contributed by atoms with E-state index >= 15 is 0 Å². The van der Waals surface area contributed by atoms with Crippen LogP contribution in [0.1, 0.15) is 24.0 Å². The SMILES string of the molecule is NC(=S)NN=Cc1ccc(N2CCN(c3cccc(C(F)(F)F)c3)CC2)cc1N1CCCC1. The van der Waals surface area contributed by atoms with Crippen LogP contribution in [0.4, 0.5) is 30.2 Å². The molecule has 0 unspecified atom stereocenters. The number of piperazine rings is 1. The van der Waals surface area contributed by atoms with Crippen LogP contribution in [0.3, 0.4) is 0 Å². The van der Waals surface area contributed by atoms with E-state index in [0.29, 0.717) is 18.8 Å². The lowest BCUT2D eigenvalue weighted by molar-refractivity contribution is -0.137. The number of nitrogens with two attached hydrogens (primary N) is 1. The molecule has 2 heterocycles. The molecule has 0 amide bonds. The highest BCUT2D eigenvalue weighted by molar-refractivity contribution is 7.80. The number of anilines is 3. The highest BCUT2D eigenvalue weighted by Gasteiger charge is 2.31. The lowest BCUT2D eigenvalue weighted by Gasteiger charge is -2.38. The van der Waals surface area contributed by atoms with Crippen molar-refractivity contribution in [3.8, 4) is 0 Å². The zero-order valence-electron chi connectivity index (χ0n) is 18.2. The largest absolute Gasteiger partial charge is 0.416 e. The van der Waals surface area contributed by atoms with Crippen molar-refractivity contribution in [1.29, 1.82) is 0 Å². The number of benzene rings is 2. The summed E-state index contributed by atoms with van der Waals surface area (Å²) < 4.78 is 39.2. The number of nitrogens with one attached hydrogen (secondary N) is 1. The van der Waals surface area contributed by atoms with Crippen LogP contribution >= 0.6 is 12.2 Å². The van der Waals surface area contributed by atoms with Crippen LogP contribution in [0.25, 0.3) is 0 Å². The molecule has 2 aromatic rings. The minimum absolute atomic E-state index is 0.115. The highest BCUT2D eigenvalue weighted by Crippen LogP contribution is 2.33. The summed E-state index contributed by atoms with van der Waals surface area (Å²) in [6, 6.07) is 11.8. The first-order chi connectivity index (χ1) is 15.8. The quantitative estimate of drug-likeness (QED) is 0.389. The van der Waals surface area contributed by atoms with Crippen molar-refractivity contribution in [3.63, 3.8) is 0 Å². The van der Waals surface area contributed by atoms with E-state index in [2.05, 4.69) is 32.5 Å². The fourth-order valence-corrected chi connectivity index (χ4v) is 4.39. The van der Waals surface area contributed by atoms with Crippen LogP contribution in [-0.4, -0.2) is 50.6 Å². The van der Waals surface area contributed by atoms with Gasteiger partial charge in [-0.3, -0.25) is 5.43 Å². The van der Waals surface area contributed by atoms with E-state index in [1.807, 2.05) is 11.0 Å². The first kappa shape index (κ1) is 23.2. The fraction of sp³-hybridized carbons (Fsp3) is 0.391. The van der Waals surface area contributed by atoms with E-state index in [1.165, 1.54) is 12.1 Å². The van der Waals surface area contributed by atoms with E-state index < -0.39 is 11.7 Å². The lowest BCUT2D eigenvalue weighted by Crippen LogP contribution is -2.46. The third kappa shape index (κ3) is 5.68. The van der Waals surface area contributed by atoms with Gasteiger partial charge in [0.2, 0.25) is 0 Å². The molecule has 0 spiro atoms. The Hall–Kier alpha value is -3.01. The number of hydrogen-bond acceptors (Lipinski definition) is 5. The first-order valence-corrected chi connectivity index (χ1v) is 11.4. The minimum atomic E-state index is -4.33. The van der Waals surface area contributed by atoms with Crippen molar-refractivity contribution in [1.82, 2.24) is 5.43 Å². The van der Waals surface area contributed by atoms with Crippen LogP contribution in [0.5, 0.6) is 0 Å². The van der Waals surface area contributed by atoms with E-state index in [4.69, 9.17) is 18.0 Å². The summed E-state index contributed by atoms with van der Waals surface area (Å²) in [6.45, 7) is 4.76. The Bertz CT molecular complexity index is 1010. The van der Waals surface area contributed by atoms with Crippen molar-refractivity contribution in [2.45, 2.75) is 19.0 Å². The maximum atomic E-state index is 13.1. The number of hydrazone groups is 1. The van der Waals surface area contributed by atoms with Gasteiger partial charge in [-0.2, -0.15) is 18.3 Å². The van der Waals surface area contributed by atoms with Gasteiger partial charge in [0.15, 0.2) is 5.11 Å². The summed E-state index contributed by atoms with van der Waals surface area (Å²) in [4.78, 5) is 6.64.